The molecule has 0 bridgehead atoms. The van der Waals surface area contributed by atoms with Crippen LogP contribution in [0.25, 0.3) is 0 Å². The van der Waals surface area contributed by atoms with Gasteiger partial charge in [0.2, 0.25) is 5.88 Å². The number of hydrogen-bond acceptors (Lipinski definition) is 8. The van der Waals surface area contributed by atoms with E-state index in [2.05, 4.69) is 20.0 Å². The Morgan fingerprint density at radius 3 is 2.47 bits per heavy atom. The normalized spacial score (nSPS) is 10.9. The highest BCUT2D eigenvalue weighted by Crippen LogP contribution is 2.22. The second kappa shape index (κ2) is 10.6. The zero-order chi connectivity index (χ0) is 23.0. The molecule has 10 nitrogen and oxygen atoms in total. The average molecular weight is 458 g/mol. The Balaban J connectivity index is 1.70. The van der Waals surface area contributed by atoms with Crippen molar-refractivity contribution in [2.24, 2.45) is 0 Å². The molecule has 168 valence electrons. The second-order valence-corrected chi connectivity index (χ2v) is 8.05. The number of aromatic nitrogens is 2. The van der Waals surface area contributed by atoms with E-state index in [4.69, 9.17) is 14.2 Å². The molecule has 0 spiro atoms. The minimum absolute atomic E-state index is 0.00335. The van der Waals surface area contributed by atoms with Crippen molar-refractivity contribution in [2.45, 2.75) is 4.90 Å². The first-order valence-corrected chi connectivity index (χ1v) is 10.9. The monoisotopic (exact) mass is 458 g/mol. The quantitative estimate of drug-likeness (QED) is 0.444. The summed E-state index contributed by atoms with van der Waals surface area (Å²) in [6.07, 6.45) is 1.19. The van der Waals surface area contributed by atoms with Gasteiger partial charge < -0.3 is 19.5 Å². The molecule has 0 atom stereocenters. The van der Waals surface area contributed by atoms with Gasteiger partial charge in [0.25, 0.3) is 15.9 Å². The van der Waals surface area contributed by atoms with Crippen LogP contribution >= 0.6 is 0 Å². The van der Waals surface area contributed by atoms with Gasteiger partial charge in [-0.3, -0.25) is 9.52 Å². The van der Waals surface area contributed by atoms with Crippen LogP contribution in [0.3, 0.4) is 0 Å². The molecule has 0 saturated heterocycles. The van der Waals surface area contributed by atoms with Gasteiger partial charge in [-0.15, -0.1) is 0 Å². The number of nitrogens with one attached hydrogen (secondary N) is 2. The summed E-state index contributed by atoms with van der Waals surface area (Å²) in [5.41, 5.74) is 0.768. The maximum atomic E-state index is 12.7. The highest BCUT2D eigenvalue weighted by molar-refractivity contribution is 7.92. The molecule has 2 N–H and O–H groups in total. The Kier molecular flexibility index (Phi) is 7.58. The third-order valence-electron chi connectivity index (χ3n) is 4.19. The average Bonchev–Trinajstić information content (AvgIpc) is 2.80. The van der Waals surface area contributed by atoms with Crippen LogP contribution in [0.15, 0.2) is 65.8 Å². The highest BCUT2D eigenvalue weighted by Gasteiger charge is 2.17. The fourth-order valence-corrected chi connectivity index (χ4v) is 3.63. The smallest absolute Gasteiger partial charge is 0.263 e. The topological polar surface area (TPSA) is 129 Å². The Labute approximate surface area is 185 Å². The molecule has 0 aliphatic rings. The van der Waals surface area contributed by atoms with Crippen molar-refractivity contribution in [3.8, 4) is 11.6 Å². The van der Waals surface area contributed by atoms with E-state index in [0.29, 0.717) is 30.2 Å². The molecule has 3 aromatic rings. The van der Waals surface area contributed by atoms with Gasteiger partial charge in [-0.25, -0.2) is 18.4 Å². The third-order valence-corrected chi connectivity index (χ3v) is 5.56. The first-order chi connectivity index (χ1) is 15.4. The lowest BCUT2D eigenvalue weighted by Gasteiger charge is -2.12. The molecule has 1 heterocycles. The molecule has 1 aromatic heterocycles. The Morgan fingerprint density at radius 1 is 1.00 bits per heavy atom. The summed E-state index contributed by atoms with van der Waals surface area (Å²) in [7, 11) is -0.920. The van der Waals surface area contributed by atoms with E-state index >= 15 is 0 Å². The summed E-state index contributed by atoms with van der Waals surface area (Å²) in [5, 5.41) is 2.73. The molecule has 1 amide bonds. The lowest BCUT2D eigenvalue weighted by Crippen LogP contribution is -2.16. The minimum atomic E-state index is -3.90. The number of benzene rings is 2. The maximum absolute atomic E-state index is 12.7. The summed E-state index contributed by atoms with van der Waals surface area (Å²) in [5.74, 6) is 0.326. The largest absolute Gasteiger partial charge is 0.490 e. The van der Waals surface area contributed by atoms with Crippen LogP contribution in [0.2, 0.25) is 0 Å². The molecular weight excluding hydrogens is 436 g/mol. The van der Waals surface area contributed by atoms with Gasteiger partial charge in [-0.1, -0.05) is 12.1 Å². The first-order valence-electron chi connectivity index (χ1n) is 9.44. The number of rotatable bonds is 10. The molecule has 3 rings (SSSR count). The van der Waals surface area contributed by atoms with Crippen molar-refractivity contribution in [1.82, 2.24) is 9.97 Å². The van der Waals surface area contributed by atoms with E-state index in [1.807, 2.05) is 0 Å². The molecule has 0 aliphatic heterocycles. The highest BCUT2D eigenvalue weighted by atomic mass is 32.2. The lowest BCUT2D eigenvalue weighted by atomic mass is 10.2. The van der Waals surface area contributed by atoms with E-state index in [1.54, 1.807) is 31.4 Å². The fraction of sp³-hybridized carbons (Fsp3) is 0.190. The number of hydrogen-bond donors (Lipinski definition) is 2. The van der Waals surface area contributed by atoms with E-state index in [1.165, 1.54) is 43.8 Å². The van der Waals surface area contributed by atoms with Gasteiger partial charge >= 0.3 is 0 Å². The molecule has 0 aliphatic carbocycles. The van der Waals surface area contributed by atoms with Gasteiger partial charge in [0.15, 0.2) is 0 Å². The second-order valence-electron chi connectivity index (χ2n) is 6.37. The SMILES string of the molecule is COCCOc1ccccc1C(=O)Nc1ccc(S(=O)(=O)Nc2cc(OC)ncn2)cc1. The van der Waals surface area contributed by atoms with Crippen molar-refractivity contribution >= 4 is 27.4 Å². The molecule has 0 saturated carbocycles. The number of anilines is 2. The minimum Gasteiger partial charge on any atom is -0.490 e. The first kappa shape index (κ1) is 23.0. The standard InChI is InChI=1S/C21H22N4O6S/c1-29-11-12-31-18-6-4-3-5-17(18)21(26)24-15-7-9-16(10-8-15)32(27,28)25-19-13-20(30-2)23-14-22-19/h3-10,13-14H,11-12H2,1-2H3,(H,24,26)(H,22,23,25). The predicted octanol–water partition coefficient (Wildman–Crippen LogP) is 2.56. The zero-order valence-corrected chi connectivity index (χ0v) is 18.3. The molecule has 32 heavy (non-hydrogen) atoms. The molecule has 11 heteroatoms. The molecule has 0 radical (unpaired) electrons. The molecule has 0 unspecified atom stereocenters. The summed E-state index contributed by atoms with van der Waals surface area (Å²) < 4.78 is 43.0. The van der Waals surface area contributed by atoms with Gasteiger partial charge in [-0.05, 0) is 36.4 Å². The molecular formula is C21H22N4O6S. The maximum Gasteiger partial charge on any atom is 0.263 e. The molecule has 0 fully saturated rings. The van der Waals surface area contributed by atoms with E-state index in [0.717, 1.165) is 0 Å². The lowest BCUT2D eigenvalue weighted by molar-refractivity contribution is 0.101. The Morgan fingerprint density at radius 2 is 1.75 bits per heavy atom. The van der Waals surface area contributed by atoms with Crippen LogP contribution in [0.5, 0.6) is 11.6 Å². The number of para-hydroxylation sites is 1. The summed E-state index contributed by atoms with van der Waals surface area (Å²) in [6.45, 7) is 0.695. The van der Waals surface area contributed by atoms with Crippen molar-refractivity contribution in [2.75, 3.05) is 37.5 Å². The number of carbonyl (C=O) groups is 1. The van der Waals surface area contributed by atoms with Crippen LogP contribution < -0.4 is 19.5 Å². The van der Waals surface area contributed by atoms with Crippen molar-refractivity contribution in [1.29, 1.82) is 0 Å². The van der Waals surface area contributed by atoms with Crippen molar-refractivity contribution < 1.29 is 27.4 Å². The summed E-state index contributed by atoms with van der Waals surface area (Å²) >= 11 is 0. The van der Waals surface area contributed by atoms with Crippen LogP contribution in [0.4, 0.5) is 11.5 Å². The molecule has 2 aromatic carbocycles. The van der Waals surface area contributed by atoms with Gasteiger partial charge in [-0.2, -0.15) is 0 Å². The van der Waals surface area contributed by atoms with Crippen molar-refractivity contribution in [3.05, 3.63) is 66.5 Å². The van der Waals surface area contributed by atoms with E-state index < -0.39 is 10.0 Å². The third kappa shape index (κ3) is 5.93. The van der Waals surface area contributed by atoms with Gasteiger partial charge in [0, 0.05) is 18.9 Å². The van der Waals surface area contributed by atoms with E-state index in [9.17, 15) is 13.2 Å². The van der Waals surface area contributed by atoms with Crippen molar-refractivity contribution in [3.63, 3.8) is 0 Å². The fourth-order valence-electron chi connectivity index (χ4n) is 2.63. The Hall–Kier alpha value is -3.70. The van der Waals surface area contributed by atoms with Gasteiger partial charge in [0.1, 0.15) is 24.5 Å². The number of carbonyl (C=O) groups excluding carboxylic acids is 1. The number of nitrogens with zero attached hydrogens (tertiary/aromatic N) is 2. The summed E-state index contributed by atoms with van der Waals surface area (Å²) in [4.78, 5) is 20.4. The number of amides is 1. The zero-order valence-electron chi connectivity index (χ0n) is 17.4. The van der Waals surface area contributed by atoms with Crippen LogP contribution in [-0.4, -0.2) is 51.7 Å². The van der Waals surface area contributed by atoms with Gasteiger partial charge in [0.05, 0.1) is 24.2 Å². The van der Waals surface area contributed by atoms with E-state index in [-0.39, 0.29) is 22.5 Å². The van der Waals surface area contributed by atoms with Crippen LogP contribution in [-0.2, 0) is 14.8 Å². The predicted molar refractivity (Wildman–Crippen MR) is 118 cm³/mol. The Bertz CT molecular complexity index is 1170. The number of methoxy groups -OCH3 is 2. The summed E-state index contributed by atoms with van der Waals surface area (Å²) in [6, 6.07) is 13.9. The van der Waals surface area contributed by atoms with Crippen LogP contribution in [0, 0.1) is 0 Å². The number of ether oxygens (including phenoxy) is 3. The number of sulfonamides is 1. The van der Waals surface area contributed by atoms with Crippen LogP contribution in [0.1, 0.15) is 10.4 Å².